The van der Waals surface area contributed by atoms with E-state index in [-0.39, 0.29) is 5.91 Å². The van der Waals surface area contributed by atoms with Gasteiger partial charge in [-0.3, -0.25) is 4.79 Å². The molecule has 1 heterocycles. The van der Waals surface area contributed by atoms with Gasteiger partial charge in [0.05, 0.1) is 6.21 Å². The summed E-state index contributed by atoms with van der Waals surface area (Å²) < 4.78 is 11.6. The summed E-state index contributed by atoms with van der Waals surface area (Å²) in [4.78, 5) is 12.0. The van der Waals surface area contributed by atoms with Gasteiger partial charge >= 0.3 is 0 Å². The van der Waals surface area contributed by atoms with Crippen molar-refractivity contribution in [2.75, 3.05) is 0 Å². The molecular formula is C21H19ClN2O3. The first kappa shape index (κ1) is 18.7. The molecule has 138 valence electrons. The van der Waals surface area contributed by atoms with E-state index in [1.807, 2.05) is 44.2 Å². The molecule has 0 aliphatic carbocycles. The van der Waals surface area contributed by atoms with Crippen molar-refractivity contribution in [2.24, 2.45) is 5.10 Å². The molecule has 0 aromatic heterocycles. The molecule has 6 heteroatoms. The third kappa shape index (κ3) is 5.21. The monoisotopic (exact) mass is 382 g/mol. The Morgan fingerprint density at radius 2 is 1.78 bits per heavy atom. The van der Waals surface area contributed by atoms with Crippen LogP contribution in [0.1, 0.15) is 29.8 Å². The summed E-state index contributed by atoms with van der Waals surface area (Å²) in [6, 6.07) is 16.3. The van der Waals surface area contributed by atoms with E-state index < -0.39 is 5.79 Å². The predicted octanol–water partition coefficient (Wildman–Crippen LogP) is 4.76. The molecular weight excluding hydrogens is 364 g/mol. The zero-order valence-electron chi connectivity index (χ0n) is 15.0. The molecule has 0 bridgehead atoms. The van der Waals surface area contributed by atoms with Gasteiger partial charge in [0, 0.05) is 42.1 Å². The number of hydrogen-bond donors (Lipinski definition) is 1. The van der Waals surface area contributed by atoms with Crippen molar-refractivity contribution in [3.8, 4) is 0 Å². The van der Waals surface area contributed by atoms with Crippen molar-refractivity contribution in [3.05, 3.63) is 88.7 Å². The van der Waals surface area contributed by atoms with E-state index in [9.17, 15) is 4.79 Å². The number of amides is 1. The molecule has 0 saturated heterocycles. The van der Waals surface area contributed by atoms with Crippen LogP contribution in [-0.2, 0) is 9.47 Å². The van der Waals surface area contributed by atoms with Gasteiger partial charge in [-0.1, -0.05) is 41.9 Å². The summed E-state index contributed by atoms with van der Waals surface area (Å²) in [6.45, 7) is 3.66. The molecule has 0 spiro atoms. The summed E-state index contributed by atoms with van der Waals surface area (Å²) in [6.07, 6.45) is 4.91. The summed E-state index contributed by atoms with van der Waals surface area (Å²) in [5, 5.41) is 4.50. The fourth-order valence-electron chi connectivity index (χ4n) is 2.46. The predicted molar refractivity (Wildman–Crippen MR) is 106 cm³/mol. The van der Waals surface area contributed by atoms with Gasteiger partial charge in [0.2, 0.25) is 5.79 Å². The van der Waals surface area contributed by atoms with Gasteiger partial charge in [-0.05, 0) is 24.3 Å². The number of allylic oxidation sites excluding steroid dienone is 2. The van der Waals surface area contributed by atoms with E-state index >= 15 is 0 Å². The van der Waals surface area contributed by atoms with Crippen LogP contribution in [0.15, 0.2) is 77.6 Å². The second-order valence-corrected chi connectivity index (χ2v) is 6.71. The summed E-state index contributed by atoms with van der Waals surface area (Å²) >= 11 is 5.81. The number of nitrogens with one attached hydrogen (secondary N) is 1. The molecule has 0 unspecified atom stereocenters. The quantitative estimate of drug-likeness (QED) is 0.612. The number of carbonyl (C=O) groups excluding carboxylic acids is 1. The largest absolute Gasteiger partial charge is 0.453 e. The minimum Gasteiger partial charge on any atom is -0.453 e. The lowest BCUT2D eigenvalue weighted by molar-refractivity contribution is -0.149. The third-order valence-corrected chi connectivity index (χ3v) is 3.89. The Morgan fingerprint density at radius 1 is 1.07 bits per heavy atom. The minimum atomic E-state index is -0.813. The van der Waals surface area contributed by atoms with Crippen molar-refractivity contribution in [2.45, 2.75) is 19.6 Å². The molecule has 2 aromatic carbocycles. The zero-order chi connectivity index (χ0) is 19.3. The average molecular weight is 383 g/mol. The van der Waals surface area contributed by atoms with E-state index in [4.69, 9.17) is 21.1 Å². The van der Waals surface area contributed by atoms with Crippen LogP contribution in [0.25, 0.3) is 5.76 Å². The molecule has 1 aliphatic heterocycles. The summed E-state index contributed by atoms with van der Waals surface area (Å²) in [5.41, 5.74) is 3.88. The van der Waals surface area contributed by atoms with Crippen molar-refractivity contribution >= 4 is 29.5 Å². The topological polar surface area (TPSA) is 59.9 Å². The van der Waals surface area contributed by atoms with Gasteiger partial charge < -0.3 is 9.47 Å². The number of halogens is 1. The van der Waals surface area contributed by atoms with Crippen molar-refractivity contribution in [1.82, 2.24) is 5.43 Å². The van der Waals surface area contributed by atoms with Gasteiger partial charge in [0.25, 0.3) is 5.91 Å². The molecule has 1 amide bonds. The highest BCUT2D eigenvalue weighted by molar-refractivity contribution is 6.30. The Labute approximate surface area is 162 Å². The molecule has 0 radical (unpaired) electrons. The van der Waals surface area contributed by atoms with Crippen LogP contribution >= 0.6 is 11.6 Å². The number of carbonyl (C=O) groups is 1. The van der Waals surface area contributed by atoms with Crippen LogP contribution in [0.3, 0.4) is 0 Å². The Bertz CT molecular complexity index is 901. The van der Waals surface area contributed by atoms with Crippen LogP contribution in [-0.4, -0.2) is 17.9 Å². The maximum Gasteiger partial charge on any atom is 0.271 e. The van der Waals surface area contributed by atoms with Crippen LogP contribution in [0.5, 0.6) is 0 Å². The fourth-order valence-corrected chi connectivity index (χ4v) is 2.58. The molecule has 0 saturated carbocycles. The molecule has 1 aliphatic rings. The van der Waals surface area contributed by atoms with E-state index in [1.54, 1.807) is 36.4 Å². The van der Waals surface area contributed by atoms with Crippen LogP contribution < -0.4 is 5.43 Å². The second kappa shape index (κ2) is 8.10. The number of hydrazone groups is 1. The van der Waals surface area contributed by atoms with E-state index in [0.29, 0.717) is 22.1 Å². The third-order valence-electron chi connectivity index (χ3n) is 3.64. The Morgan fingerprint density at radius 3 is 2.48 bits per heavy atom. The average Bonchev–Trinajstić information content (AvgIpc) is 2.65. The molecule has 2 aromatic rings. The molecule has 5 nitrogen and oxygen atoms in total. The molecule has 3 rings (SSSR count). The fraction of sp³-hybridized carbons (Fsp3) is 0.143. The Hall–Kier alpha value is -3.05. The first-order chi connectivity index (χ1) is 12.9. The van der Waals surface area contributed by atoms with Crippen molar-refractivity contribution < 1.29 is 14.3 Å². The minimum absolute atomic E-state index is 0.324. The smallest absolute Gasteiger partial charge is 0.271 e. The zero-order valence-corrected chi connectivity index (χ0v) is 15.7. The van der Waals surface area contributed by atoms with E-state index in [0.717, 1.165) is 5.56 Å². The van der Waals surface area contributed by atoms with E-state index in [2.05, 4.69) is 10.5 Å². The van der Waals surface area contributed by atoms with Gasteiger partial charge in [-0.15, -0.1) is 0 Å². The molecule has 0 fully saturated rings. The number of benzene rings is 2. The highest BCUT2D eigenvalue weighted by atomic mass is 35.5. The van der Waals surface area contributed by atoms with Crippen LogP contribution in [0.4, 0.5) is 0 Å². The number of ether oxygens (including phenoxy) is 2. The number of hydrogen-bond acceptors (Lipinski definition) is 4. The number of nitrogens with zero attached hydrogens (tertiary/aromatic N) is 1. The maximum atomic E-state index is 12.0. The lowest BCUT2D eigenvalue weighted by atomic mass is 10.1. The maximum absolute atomic E-state index is 12.0. The highest BCUT2D eigenvalue weighted by Crippen LogP contribution is 2.32. The van der Waals surface area contributed by atoms with Crippen molar-refractivity contribution in [3.63, 3.8) is 0 Å². The summed E-state index contributed by atoms with van der Waals surface area (Å²) in [5.74, 6) is 0.146. The SMILES string of the molecule is CC1(C)OC(=CC=NNC(=O)c2ccc(Cl)cc2)C=C(c2ccccc2)O1. The van der Waals surface area contributed by atoms with Crippen LogP contribution in [0.2, 0.25) is 5.02 Å². The molecule has 27 heavy (non-hydrogen) atoms. The van der Waals surface area contributed by atoms with Gasteiger partial charge in [-0.25, -0.2) is 5.43 Å². The first-order valence-corrected chi connectivity index (χ1v) is 8.75. The normalized spacial score (nSPS) is 17.1. The summed E-state index contributed by atoms with van der Waals surface area (Å²) in [7, 11) is 0. The second-order valence-electron chi connectivity index (χ2n) is 6.27. The first-order valence-electron chi connectivity index (χ1n) is 8.37. The molecule has 1 N–H and O–H groups in total. The van der Waals surface area contributed by atoms with Gasteiger partial charge in [-0.2, -0.15) is 5.10 Å². The lowest BCUT2D eigenvalue weighted by Crippen LogP contribution is -2.30. The van der Waals surface area contributed by atoms with Gasteiger partial charge in [0.1, 0.15) is 11.5 Å². The lowest BCUT2D eigenvalue weighted by Gasteiger charge is -2.33. The van der Waals surface area contributed by atoms with Gasteiger partial charge in [0.15, 0.2) is 0 Å². The van der Waals surface area contributed by atoms with Crippen molar-refractivity contribution in [1.29, 1.82) is 0 Å². The Kier molecular flexibility index (Phi) is 5.62. The number of rotatable bonds is 4. The van der Waals surface area contributed by atoms with Crippen LogP contribution in [0, 0.1) is 0 Å². The highest BCUT2D eigenvalue weighted by Gasteiger charge is 2.28. The standard InChI is InChI=1S/C21H19ClN2O3/c1-21(2)26-18(14-19(27-21)15-6-4-3-5-7-15)12-13-23-24-20(25)16-8-10-17(22)11-9-16/h3-14H,1-2H3,(H,24,25). The Balaban J connectivity index is 1.70. The molecule has 0 atom stereocenters. The van der Waals surface area contributed by atoms with E-state index in [1.165, 1.54) is 6.21 Å².